The summed E-state index contributed by atoms with van der Waals surface area (Å²) in [4.78, 5) is 22.5. The first-order valence-corrected chi connectivity index (χ1v) is 8.15. The molecule has 1 aromatic carbocycles. The topological polar surface area (TPSA) is 67.4 Å². The fraction of sp³-hybridized carbons (Fsp3) is 0.444. The number of amides is 1. The third-order valence-electron chi connectivity index (χ3n) is 4.71. The number of benzene rings is 1. The molecule has 2 atom stereocenters. The molecule has 1 aliphatic heterocycles. The molecule has 0 unspecified atom stereocenters. The number of carbonyl (C=O) groups excluding carboxylic acids is 1. The van der Waals surface area contributed by atoms with Crippen molar-refractivity contribution in [2.75, 3.05) is 20.8 Å². The van der Waals surface area contributed by atoms with Crippen LogP contribution in [0.15, 0.2) is 18.2 Å². The Kier molecular flexibility index (Phi) is 4.76. The van der Waals surface area contributed by atoms with Crippen molar-refractivity contribution in [1.82, 2.24) is 14.9 Å². The van der Waals surface area contributed by atoms with Gasteiger partial charge in [0.1, 0.15) is 17.4 Å². The second kappa shape index (κ2) is 6.84. The molecule has 3 rings (SSSR count). The molecule has 1 N–H and O–H groups in total. The fourth-order valence-electron chi connectivity index (χ4n) is 3.19. The van der Waals surface area contributed by atoms with Gasteiger partial charge in [-0.05, 0) is 32.0 Å². The quantitative estimate of drug-likeness (QED) is 0.923. The number of likely N-dealkylation sites (tertiary alicyclic amines) is 1. The lowest BCUT2D eigenvalue weighted by Crippen LogP contribution is -2.32. The van der Waals surface area contributed by atoms with E-state index in [-0.39, 0.29) is 23.6 Å². The van der Waals surface area contributed by atoms with E-state index >= 15 is 0 Å². The molecule has 2 aromatic rings. The van der Waals surface area contributed by atoms with E-state index in [9.17, 15) is 9.18 Å². The first kappa shape index (κ1) is 17.4. The number of ether oxygens (including phenoxy) is 2. The van der Waals surface area contributed by atoms with Crippen LogP contribution in [0.3, 0.4) is 0 Å². The smallest absolute Gasteiger partial charge is 0.258 e. The van der Waals surface area contributed by atoms with Crippen LogP contribution >= 0.6 is 0 Å². The van der Waals surface area contributed by atoms with Crippen LogP contribution in [-0.4, -0.2) is 47.6 Å². The molecule has 0 aliphatic carbocycles. The number of aryl methyl sites for hydroxylation is 2. The molecular weight excluding hydrogens is 325 g/mol. The third-order valence-corrected chi connectivity index (χ3v) is 4.71. The molecule has 0 radical (unpaired) electrons. The summed E-state index contributed by atoms with van der Waals surface area (Å²) in [5, 5.41) is 0. The summed E-state index contributed by atoms with van der Waals surface area (Å²) < 4.78 is 24.4. The molecule has 0 bridgehead atoms. The summed E-state index contributed by atoms with van der Waals surface area (Å²) in [6.45, 7) is 4.27. The van der Waals surface area contributed by atoms with E-state index in [0.717, 1.165) is 17.2 Å². The Bertz CT molecular complexity index is 770. The van der Waals surface area contributed by atoms with E-state index in [1.54, 1.807) is 12.0 Å². The highest BCUT2D eigenvalue weighted by Crippen LogP contribution is 2.35. The second-order valence-electron chi connectivity index (χ2n) is 6.24. The number of H-pyrrole nitrogens is 1. The van der Waals surface area contributed by atoms with Gasteiger partial charge in [0.25, 0.3) is 5.91 Å². The second-order valence-corrected chi connectivity index (χ2v) is 6.24. The molecule has 1 aromatic heterocycles. The van der Waals surface area contributed by atoms with Crippen molar-refractivity contribution >= 4 is 5.91 Å². The molecule has 7 heteroatoms. The highest BCUT2D eigenvalue weighted by molar-refractivity contribution is 5.97. The van der Waals surface area contributed by atoms with Gasteiger partial charge in [0.05, 0.1) is 30.5 Å². The van der Waals surface area contributed by atoms with Crippen LogP contribution in [0.2, 0.25) is 0 Å². The molecule has 25 heavy (non-hydrogen) atoms. The first-order valence-electron chi connectivity index (χ1n) is 8.15. The minimum Gasteiger partial charge on any atom is -0.496 e. The minimum absolute atomic E-state index is 0.0979. The van der Waals surface area contributed by atoms with Crippen LogP contribution in [0, 0.1) is 19.7 Å². The van der Waals surface area contributed by atoms with E-state index in [0.29, 0.717) is 18.7 Å². The molecule has 134 valence electrons. The maximum Gasteiger partial charge on any atom is 0.258 e. The Morgan fingerprint density at radius 1 is 1.36 bits per heavy atom. The number of hydrogen-bond acceptors (Lipinski definition) is 4. The third kappa shape index (κ3) is 3.24. The molecular formula is C18H22FN3O3. The van der Waals surface area contributed by atoms with Crippen molar-refractivity contribution in [1.29, 1.82) is 0 Å². The number of rotatable bonds is 4. The molecule has 0 spiro atoms. The lowest BCUT2D eigenvalue weighted by atomic mass is 10.1. The highest BCUT2D eigenvalue weighted by Gasteiger charge is 2.39. The number of aromatic nitrogens is 2. The Morgan fingerprint density at radius 2 is 2.12 bits per heavy atom. The summed E-state index contributed by atoms with van der Waals surface area (Å²) in [5.74, 6) is 0.288. The van der Waals surface area contributed by atoms with Crippen LogP contribution in [0.1, 0.15) is 40.0 Å². The first-order chi connectivity index (χ1) is 11.9. The molecule has 1 fully saturated rings. The van der Waals surface area contributed by atoms with E-state index in [4.69, 9.17) is 9.47 Å². The summed E-state index contributed by atoms with van der Waals surface area (Å²) >= 11 is 0. The van der Waals surface area contributed by atoms with Gasteiger partial charge in [0.2, 0.25) is 0 Å². The Morgan fingerprint density at radius 3 is 2.72 bits per heavy atom. The summed E-state index contributed by atoms with van der Waals surface area (Å²) in [5.41, 5.74) is 2.06. The van der Waals surface area contributed by atoms with Crippen LogP contribution in [0.25, 0.3) is 0 Å². The fourth-order valence-corrected chi connectivity index (χ4v) is 3.19. The number of imidazole rings is 1. The largest absolute Gasteiger partial charge is 0.496 e. The van der Waals surface area contributed by atoms with E-state index in [1.807, 2.05) is 13.8 Å². The van der Waals surface area contributed by atoms with Crippen molar-refractivity contribution < 1.29 is 18.7 Å². The van der Waals surface area contributed by atoms with Gasteiger partial charge in [0, 0.05) is 25.8 Å². The Hall–Kier alpha value is -2.41. The number of methoxy groups -OCH3 is 2. The van der Waals surface area contributed by atoms with E-state index in [2.05, 4.69) is 9.97 Å². The van der Waals surface area contributed by atoms with E-state index < -0.39 is 5.82 Å². The number of nitrogens with one attached hydrogen (secondary N) is 1. The van der Waals surface area contributed by atoms with Crippen molar-refractivity contribution in [2.24, 2.45) is 0 Å². The summed E-state index contributed by atoms with van der Waals surface area (Å²) in [6, 6.07) is 3.69. The van der Waals surface area contributed by atoms with Crippen molar-refractivity contribution in [2.45, 2.75) is 32.4 Å². The lowest BCUT2D eigenvalue weighted by molar-refractivity contribution is 0.0681. The lowest BCUT2D eigenvalue weighted by Gasteiger charge is -2.24. The van der Waals surface area contributed by atoms with Crippen molar-refractivity contribution in [3.63, 3.8) is 0 Å². The predicted molar refractivity (Wildman–Crippen MR) is 90.2 cm³/mol. The van der Waals surface area contributed by atoms with Crippen LogP contribution < -0.4 is 4.74 Å². The molecule has 0 saturated carbocycles. The molecule has 6 nitrogen and oxygen atoms in total. The maximum absolute atomic E-state index is 13.7. The maximum atomic E-state index is 13.7. The number of aromatic amines is 1. The van der Waals surface area contributed by atoms with Crippen molar-refractivity contribution in [3.8, 4) is 5.75 Å². The summed E-state index contributed by atoms with van der Waals surface area (Å²) in [7, 11) is 3.08. The number of nitrogens with zero attached hydrogens (tertiary/aromatic N) is 2. The molecule has 2 heterocycles. The van der Waals surface area contributed by atoms with Gasteiger partial charge in [-0.15, -0.1) is 0 Å². The van der Waals surface area contributed by atoms with Gasteiger partial charge in [-0.25, -0.2) is 9.37 Å². The monoisotopic (exact) mass is 347 g/mol. The molecule has 1 amide bonds. The number of carbonyl (C=O) groups is 1. The SMILES string of the molecule is COc1ccc(F)cc1C(=O)N1C[C@H](OC)C[C@H]1c1nc(C)c(C)[nH]1. The molecule has 1 saturated heterocycles. The van der Waals surface area contributed by atoms with Gasteiger partial charge >= 0.3 is 0 Å². The van der Waals surface area contributed by atoms with Crippen molar-refractivity contribution in [3.05, 3.63) is 46.8 Å². The van der Waals surface area contributed by atoms with Gasteiger partial charge in [0.15, 0.2) is 0 Å². The average molecular weight is 347 g/mol. The van der Waals surface area contributed by atoms with Gasteiger partial charge < -0.3 is 19.4 Å². The summed E-state index contributed by atoms with van der Waals surface area (Å²) in [6.07, 6.45) is 0.533. The average Bonchev–Trinajstić information content (AvgIpc) is 3.18. The number of hydrogen-bond donors (Lipinski definition) is 1. The van der Waals surface area contributed by atoms with Gasteiger partial charge in [-0.2, -0.15) is 0 Å². The van der Waals surface area contributed by atoms with Gasteiger partial charge in [-0.3, -0.25) is 4.79 Å². The zero-order valence-electron chi connectivity index (χ0n) is 14.8. The standard InChI is InChI=1S/C18H22FN3O3/c1-10-11(2)21-17(20-10)15-8-13(24-3)9-22(15)18(23)14-7-12(19)5-6-16(14)25-4/h5-7,13,15H,8-9H2,1-4H3,(H,20,21)/t13-,15+/m1/s1. The molecule has 1 aliphatic rings. The van der Waals surface area contributed by atoms with Crippen LogP contribution in [-0.2, 0) is 4.74 Å². The van der Waals surface area contributed by atoms with Crippen LogP contribution in [0.4, 0.5) is 4.39 Å². The minimum atomic E-state index is -0.479. The zero-order valence-corrected chi connectivity index (χ0v) is 14.8. The Balaban J connectivity index is 1.97. The predicted octanol–water partition coefficient (Wildman–Crippen LogP) is 2.78. The highest BCUT2D eigenvalue weighted by atomic mass is 19.1. The normalized spacial score (nSPS) is 20.1. The van der Waals surface area contributed by atoms with Gasteiger partial charge in [-0.1, -0.05) is 0 Å². The Labute approximate surface area is 146 Å². The van der Waals surface area contributed by atoms with E-state index in [1.165, 1.54) is 25.3 Å². The van der Waals surface area contributed by atoms with Crippen LogP contribution in [0.5, 0.6) is 5.75 Å². The number of halogens is 1. The zero-order chi connectivity index (χ0) is 18.1.